The summed E-state index contributed by atoms with van der Waals surface area (Å²) in [6.45, 7) is 9.35. The van der Waals surface area contributed by atoms with Gasteiger partial charge in [0.05, 0.1) is 6.61 Å². The second-order valence-electron chi connectivity index (χ2n) is 5.36. The molecule has 1 rings (SSSR count). The molecule has 0 aromatic heterocycles. The highest BCUT2D eigenvalue weighted by molar-refractivity contribution is 5.33. The third kappa shape index (κ3) is 6.67. The summed E-state index contributed by atoms with van der Waals surface area (Å²) in [5.74, 6) is 2.25. The molecule has 0 spiro atoms. The standard InChI is InChI=1S/C18H29NO2/c1-4-8-15(9-5-2)14-20-17-10-7-11-18(12-17)21-16(6-3)13-19/h6-7,10-12,15-16H,3-5,8-9,13-14,19H2,1-2H3. The normalized spacial score (nSPS) is 12.2. The summed E-state index contributed by atoms with van der Waals surface area (Å²) in [4.78, 5) is 0. The van der Waals surface area contributed by atoms with Gasteiger partial charge in [-0.15, -0.1) is 0 Å². The first-order valence-corrected chi connectivity index (χ1v) is 7.95. The Balaban J connectivity index is 2.57. The van der Waals surface area contributed by atoms with Crippen molar-refractivity contribution in [3.63, 3.8) is 0 Å². The molecule has 1 atom stereocenters. The van der Waals surface area contributed by atoms with Crippen molar-refractivity contribution in [2.75, 3.05) is 13.2 Å². The van der Waals surface area contributed by atoms with Crippen molar-refractivity contribution >= 4 is 0 Å². The quantitative estimate of drug-likeness (QED) is 0.622. The summed E-state index contributed by atoms with van der Waals surface area (Å²) in [5, 5.41) is 0. The van der Waals surface area contributed by atoms with Crippen LogP contribution < -0.4 is 15.2 Å². The molecule has 0 radical (unpaired) electrons. The molecule has 3 heteroatoms. The molecule has 0 amide bonds. The zero-order valence-corrected chi connectivity index (χ0v) is 13.4. The van der Waals surface area contributed by atoms with E-state index in [9.17, 15) is 0 Å². The minimum absolute atomic E-state index is 0.159. The van der Waals surface area contributed by atoms with Crippen LogP contribution in [0.1, 0.15) is 39.5 Å². The lowest BCUT2D eigenvalue weighted by atomic mass is 9.99. The van der Waals surface area contributed by atoms with Gasteiger partial charge in [0, 0.05) is 12.6 Å². The van der Waals surface area contributed by atoms with E-state index in [0.29, 0.717) is 12.5 Å². The van der Waals surface area contributed by atoms with Crippen molar-refractivity contribution in [1.82, 2.24) is 0 Å². The van der Waals surface area contributed by atoms with Crippen LogP contribution in [0.25, 0.3) is 0 Å². The van der Waals surface area contributed by atoms with Gasteiger partial charge in [0.2, 0.25) is 0 Å². The summed E-state index contributed by atoms with van der Waals surface area (Å²) >= 11 is 0. The molecule has 1 aromatic carbocycles. The maximum atomic E-state index is 5.93. The first-order chi connectivity index (χ1) is 10.2. The van der Waals surface area contributed by atoms with Crippen molar-refractivity contribution in [2.45, 2.75) is 45.6 Å². The van der Waals surface area contributed by atoms with Crippen LogP contribution >= 0.6 is 0 Å². The fourth-order valence-corrected chi connectivity index (χ4v) is 2.35. The maximum absolute atomic E-state index is 5.93. The van der Waals surface area contributed by atoms with E-state index in [-0.39, 0.29) is 6.10 Å². The monoisotopic (exact) mass is 291 g/mol. The number of hydrogen-bond donors (Lipinski definition) is 1. The van der Waals surface area contributed by atoms with Crippen LogP contribution in [0, 0.1) is 5.92 Å². The van der Waals surface area contributed by atoms with Gasteiger partial charge in [-0.05, 0) is 30.9 Å². The SMILES string of the molecule is C=CC(CN)Oc1cccc(OCC(CCC)CCC)c1. The van der Waals surface area contributed by atoms with E-state index >= 15 is 0 Å². The van der Waals surface area contributed by atoms with Gasteiger partial charge in [0.25, 0.3) is 0 Å². The zero-order valence-electron chi connectivity index (χ0n) is 13.4. The number of nitrogens with two attached hydrogens (primary N) is 1. The molecule has 1 aromatic rings. The number of hydrogen-bond acceptors (Lipinski definition) is 3. The lowest BCUT2D eigenvalue weighted by molar-refractivity contribution is 0.225. The van der Waals surface area contributed by atoms with Gasteiger partial charge in [-0.1, -0.05) is 45.4 Å². The minimum Gasteiger partial charge on any atom is -0.493 e. The van der Waals surface area contributed by atoms with E-state index in [0.717, 1.165) is 18.1 Å². The molecule has 21 heavy (non-hydrogen) atoms. The van der Waals surface area contributed by atoms with Gasteiger partial charge >= 0.3 is 0 Å². The fraction of sp³-hybridized carbons (Fsp3) is 0.556. The fourth-order valence-electron chi connectivity index (χ4n) is 2.35. The third-order valence-corrected chi connectivity index (χ3v) is 3.47. The van der Waals surface area contributed by atoms with Crippen LogP contribution in [0.15, 0.2) is 36.9 Å². The Morgan fingerprint density at radius 2 is 1.86 bits per heavy atom. The van der Waals surface area contributed by atoms with E-state index in [4.69, 9.17) is 15.2 Å². The molecule has 118 valence electrons. The predicted molar refractivity (Wildman–Crippen MR) is 88.9 cm³/mol. The van der Waals surface area contributed by atoms with Crippen LogP contribution in [0.4, 0.5) is 0 Å². The smallest absolute Gasteiger partial charge is 0.129 e. The summed E-state index contributed by atoms with van der Waals surface area (Å²) < 4.78 is 11.7. The third-order valence-electron chi connectivity index (χ3n) is 3.47. The lowest BCUT2D eigenvalue weighted by Crippen LogP contribution is -2.24. The van der Waals surface area contributed by atoms with E-state index in [2.05, 4.69) is 20.4 Å². The lowest BCUT2D eigenvalue weighted by Gasteiger charge is -2.17. The highest BCUT2D eigenvalue weighted by Crippen LogP contribution is 2.22. The average molecular weight is 291 g/mol. The Kier molecular flexibility index (Phi) is 8.60. The first-order valence-electron chi connectivity index (χ1n) is 7.95. The van der Waals surface area contributed by atoms with E-state index in [1.807, 2.05) is 24.3 Å². The summed E-state index contributed by atoms with van der Waals surface area (Å²) in [7, 11) is 0. The topological polar surface area (TPSA) is 44.5 Å². The molecule has 0 saturated heterocycles. The van der Waals surface area contributed by atoms with E-state index in [1.165, 1.54) is 25.7 Å². The molecule has 0 aliphatic heterocycles. The molecule has 0 aliphatic carbocycles. The summed E-state index contributed by atoms with van der Waals surface area (Å²) in [5.41, 5.74) is 5.61. The molecule has 3 nitrogen and oxygen atoms in total. The van der Waals surface area contributed by atoms with Crippen molar-refractivity contribution in [2.24, 2.45) is 11.7 Å². The highest BCUT2D eigenvalue weighted by atomic mass is 16.5. The van der Waals surface area contributed by atoms with Crippen LogP contribution in [-0.4, -0.2) is 19.3 Å². The van der Waals surface area contributed by atoms with Crippen molar-refractivity contribution in [3.8, 4) is 11.5 Å². The van der Waals surface area contributed by atoms with Crippen LogP contribution in [0.5, 0.6) is 11.5 Å². The van der Waals surface area contributed by atoms with Crippen LogP contribution in [0.2, 0.25) is 0 Å². The second-order valence-corrected chi connectivity index (χ2v) is 5.36. The Hall–Kier alpha value is -1.48. The zero-order chi connectivity index (χ0) is 15.5. The van der Waals surface area contributed by atoms with Gasteiger partial charge in [0.1, 0.15) is 17.6 Å². The largest absolute Gasteiger partial charge is 0.493 e. The highest BCUT2D eigenvalue weighted by Gasteiger charge is 2.09. The number of ether oxygens (including phenoxy) is 2. The minimum atomic E-state index is -0.159. The molecule has 1 unspecified atom stereocenters. The molecule has 0 bridgehead atoms. The molecular formula is C18H29NO2. The Bertz CT molecular complexity index is 400. The molecular weight excluding hydrogens is 262 g/mol. The molecule has 0 saturated carbocycles. The molecule has 2 N–H and O–H groups in total. The van der Waals surface area contributed by atoms with Gasteiger partial charge in [-0.3, -0.25) is 0 Å². The van der Waals surface area contributed by atoms with Crippen LogP contribution in [-0.2, 0) is 0 Å². The predicted octanol–water partition coefficient (Wildman–Crippen LogP) is 4.17. The van der Waals surface area contributed by atoms with E-state index < -0.39 is 0 Å². The summed E-state index contributed by atoms with van der Waals surface area (Å²) in [6.07, 6.45) is 6.40. The molecule has 0 fully saturated rings. The van der Waals surface area contributed by atoms with E-state index in [1.54, 1.807) is 6.08 Å². The van der Waals surface area contributed by atoms with Crippen molar-refractivity contribution < 1.29 is 9.47 Å². The number of benzene rings is 1. The second kappa shape index (κ2) is 10.3. The Morgan fingerprint density at radius 1 is 1.19 bits per heavy atom. The van der Waals surface area contributed by atoms with Gasteiger partial charge in [-0.25, -0.2) is 0 Å². The van der Waals surface area contributed by atoms with Crippen LogP contribution in [0.3, 0.4) is 0 Å². The molecule has 0 heterocycles. The Morgan fingerprint density at radius 3 is 2.43 bits per heavy atom. The van der Waals surface area contributed by atoms with Crippen molar-refractivity contribution in [3.05, 3.63) is 36.9 Å². The number of rotatable bonds is 11. The molecule has 0 aliphatic rings. The van der Waals surface area contributed by atoms with Crippen molar-refractivity contribution in [1.29, 1.82) is 0 Å². The Labute approximate surface area is 129 Å². The van der Waals surface area contributed by atoms with Gasteiger partial charge in [0.15, 0.2) is 0 Å². The van der Waals surface area contributed by atoms with Gasteiger partial charge < -0.3 is 15.2 Å². The first kappa shape index (κ1) is 17.6. The maximum Gasteiger partial charge on any atom is 0.129 e. The van der Waals surface area contributed by atoms with Gasteiger partial charge in [-0.2, -0.15) is 0 Å². The summed E-state index contributed by atoms with van der Waals surface area (Å²) in [6, 6.07) is 7.73. The average Bonchev–Trinajstić information content (AvgIpc) is 2.51.